The molecule has 212 valence electrons. The lowest BCUT2D eigenvalue weighted by molar-refractivity contribution is -0.156. The van der Waals surface area contributed by atoms with Crippen LogP contribution in [0.2, 0.25) is 0 Å². The minimum Gasteiger partial charge on any atom is -0.465 e. The monoisotopic (exact) mass is 538 g/mol. The SMILES string of the molecule is C=CCCCOC(=O)[C@@H]1[C@H]2C(=O)N([C@@H](CO)C(C)C)C(C(=O)N(CC=C)c3c(C)cccc3C)C23CC[C@H]1O3. The number of aliphatic hydroxyl groups excluding tert-OH is 1. The number of nitrogens with zero attached hydrogens (tertiary/aromatic N) is 2. The number of amides is 2. The maximum absolute atomic E-state index is 14.7. The second kappa shape index (κ2) is 11.6. The van der Waals surface area contributed by atoms with Gasteiger partial charge in [-0.3, -0.25) is 14.4 Å². The first-order valence-electron chi connectivity index (χ1n) is 14.0. The highest BCUT2D eigenvalue weighted by Crippen LogP contribution is 2.59. The average molecular weight is 539 g/mol. The van der Waals surface area contributed by atoms with Crippen molar-refractivity contribution in [3.8, 4) is 0 Å². The standard InChI is InChI=1S/C31H42N2O6/c1-7-9-10-17-38-30(37)24-23-14-15-31(39-23)25(24)28(35)33(22(18-34)19(3)4)27(31)29(36)32(16-8-2)26-20(5)12-11-13-21(26)6/h7-8,11-13,19,22-25,27,34H,1-2,9-10,14-18H2,3-6H3/t22-,23+,24-,25-,27?,31?/m0/s1. The molecule has 1 spiro atoms. The minimum atomic E-state index is -1.16. The molecular formula is C31H42N2O6. The third-order valence-corrected chi connectivity index (χ3v) is 8.64. The summed E-state index contributed by atoms with van der Waals surface area (Å²) in [6.07, 6.45) is 5.36. The molecule has 1 aromatic rings. The van der Waals surface area contributed by atoms with Crippen molar-refractivity contribution in [1.82, 2.24) is 4.90 Å². The van der Waals surface area contributed by atoms with Crippen LogP contribution in [0.3, 0.4) is 0 Å². The van der Waals surface area contributed by atoms with E-state index in [0.717, 1.165) is 23.2 Å². The van der Waals surface area contributed by atoms with Crippen LogP contribution in [0.5, 0.6) is 0 Å². The first-order chi connectivity index (χ1) is 18.6. The number of aryl methyl sites for hydroxylation is 2. The second-order valence-corrected chi connectivity index (χ2v) is 11.4. The molecule has 0 aliphatic carbocycles. The number of para-hydroxylation sites is 1. The van der Waals surface area contributed by atoms with Crippen molar-refractivity contribution in [2.45, 2.75) is 77.2 Å². The van der Waals surface area contributed by atoms with E-state index in [9.17, 15) is 19.5 Å². The number of hydrogen-bond donors (Lipinski definition) is 1. The predicted octanol–water partition coefficient (Wildman–Crippen LogP) is 3.72. The summed E-state index contributed by atoms with van der Waals surface area (Å²) in [6.45, 7) is 15.5. The molecule has 3 heterocycles. The van der Waals surface area contributed by atoms with Crippen LogP contribution < -0.4 is 4.90 Å². The van der Waals surface area contributed by atoms with E-state index in [1.54, 1.807) is 17.1 Å². The van der Waals surface area contributed by atoms with Crippen LogP contribution in [0, 0.1) is 31.6 Å². The van der Waals surface area contributed by atoms with Gasteiger partial charge in [-0.15, -0.1) is 13.2 Å². The fourth-order valence-electron chi connectivity index (χ4n) is 6.91. The van der Waals surface area contributed by atoms with E-state index in [0.29, 0.717) is 19.3 Å². The van der Waals surface area contributed by atoms with Gasteiger partial charge >= 0.3 is 5.97 Å². The second-order valence-electron chi connectivity index (χ2n) is 11.4. The van der Waals surface area contributed by atoms with Gasteiger partial charge in [0.2, 0.25) is 5.91 Å². The fraction of sp³-hybridized carbons (Fsp3) is 0.581. The van der Waals surface area contributed by atoms with Crippen molar-refractivity contribution in [1.29, 1.82) is 0 Å². The third-order valence-electron chi connectivity index (χ3n) is 8.64. The van der Waals surface area contributed by atoms with E-state index in [4.69, 9.17) is 9.47 Å². The van der Waals surface area contributed by atoms with Gasteiger partial charge in [0.25, 0.3) is 5.91 Å². The van der Waals surface area contributed by atoms with E-state index in [-0.39, 0.29) is 37.5 Å². The number of hydrogen-bond acceptors (Lipinski definition) is 6. The molecule has 2 bridgehead atoms. The Kier molecular flexibility index (Phi) is 8.66. The average Bonchev–Trinajstić information content (AvgIpc) is 3.53. The van der Waals surface area contributed by atoms with Crippen molar-refractivity contribution in [3.63, 3.8) is 0 Å². The quantitative estimate of drug-likeness (QED) is 0.248. The van der Waals surface area contributed by atoms with Gasteiger partial charge in [-0.2, -0.15) is 0 Å². The van der Waals surface area contributed by atoms with Crippen LogP contribution in [0.15, 0.2) is 43.5 Å². The third kappa shape index (κ3) is 4.82. The summed E-state index contributed by atoms with van der Waals surface area (Å²) in [7, 11) is 0. The normalized spacial score (nSPS) is 27.9. The maximum atomic E-state index is 14.7. The van der Waals surface area contributed by atoms with E-state index in [1.165, 1.54) is 4.90 Å². The first kappa shape index (κ1) is 29.0. The Bertz CT molecular complexity index is 1110. The number of aliphatic hydroxyl groups is 1. The largest absolute Gasteiger partial charge is 0.465 e. The molecule has 8 nitrogen and oxygen atoms in total. The summed E-state index contributed by atoms with van der Waals surface area (Å²) in [5, 5.41) is 10.4. The van der Waals surface area contributed by atoms with Gasteiger partial charge in [-0.05, 0) is 56.6 Å². The zero-order valence-corrected chi connectivity index (χ0v) is 23.6. The number of ether oxygens (including phenoxy) is 2. The first-order valence-corrected chi connectivity index (χ1v) is 14.0. The number of unbranched alkanes of at least 4 members (excludes halogenated alkanes) is 1. The van der Waals surface area contributed by atoms with E-state index in [2.05, 4.69) is 13.2 Å². The zero-order chi connectivity index (χ0) is 28.5. The van der Waals surface area contributed by atoms with Gasteiger partial charge in [-0.25, -0.2) is 0 Å². The fourth-order valence-corrected chi connectivity index (χ4v) is 6.91. The topological polar surface area (TPSA) is 96.4 Å². The summed E-state index contributed by atoms with van der Waals surface area (Å²) in [5.41, 5.74) is 1.46. The molecular weight excluding hydrogens is 496 g/mol. The van der Waals surface area contributed by atoms with Gasteiger partial charge < -0.3 is 24.4 Å². The molecule has 1 N–H and O–H groups in total. The number of anilines is 1. The van der Waals surface area contributed by atoms with Crippen LogP contribution in [0.4, 0.5) is 5.69 Å². The number of carbonyl (C=O) groups is 3. The van der Waals surface area contributed by atoms with Crippen molar-refractivity contribution >= 4 is 23.5 Å². The molecule has 3 aliphatic rings. The summed E-state index contributed by atoms with van der Waals surface area (Å²) < 4.78 is 12.1. The Hall–Kier alpha value is -2.97. The molecule has 39 heavy (non-hydrogen) atoms. The maximum Gasteiger partial charge on any atom is 0.312 e. The number of rotatable bonds is 12. The number of carbonyl (C=O) groups excluding carboxylic acids is 3. The molecule has 3 aliphatic heterocycles. The zero-order valence-electron chi connectivity index (χ0n) is 23.6. The summed E-state index contributed by atoms with van der Waals surface area (Å²) in [6, 6.07) is 4.24. The lowest BCUT2D eigenvalue weighted by Crippen LogP contribution is -2.60. The smallest absolute Gasteiger partial charge is 0.312 e. The Morgan fingerprint density at radius 2 is 1.95 bits per heavy atom. The molecule has 4 rings (SSSR count). The Balaban J connectivity index is 1.79. The molecule has 6 atom stereocenters. The number of likely N-dealkylation sites (tertiary alicyclic amines) is 1. The van der Waals surface area contributed by atoms with Crippen LogP contribution in [0.1, 0.15) is 50.7 Å². The van der Waals surface area contributed by atoms with Gasteiger partial charge in [0, 0.05) is 12.2 Å². The Morgan fingerprint density at radius 3 is 2.54 bits per heavy atom. The highest BCUT2D eigenvalue weighted by Gasteiger charge is 2.75. The lowest BCUT2D eigenvalue weighted by atomic mass is 9.70. The van der Waals surface area contributed by atoms with Gasteiger partial charge in [0.05, 0.1) is 37.2 Å². The van der Waals surface area contributed by atoms with Gasteiger partial charge in [0.15, 0.2) is 0 Å². The number of esters is 1. The van der Waals surface area contributed by atoms with Crippen LogP contribution >= 0.6 is 0 Å². The lowest BCUT2D eigenvalue weighted by Gasteiger charge is -2.41. The molecule has 0 aromatic heterocycles. The molecule has 2 amide bonds. The summed E-state index contributed by atoms with van der Waals surface area (Å²) in [5.74, 6) is -2.82. The van der Waals surface area contributed by atoms with Gasteiger partial charge in [-0.1, -0.05) is 44.2 Å². The van der Waals surface area contributed by atoms with Crippen molar-refractivity contribution in [2.75, 3.05) is 24.7 Å². The van der Waals surface area contributed by atoms with Crippen LogP contribution in [-0.2, 0) is 23.9 Å². The highest BCUT2D eigenvalue weighted by molar-refractivity contribution is 6.05. The number of allylic oxidation sites excluding steroid dienone is 1. The van der Waals surface area contributed by atoms with E-state index >= 15 is 0 Å². The van der Waals surface area contributed by atoms with Crippen molar-refractivity contribution in [3.05, 3.63) is 54.6 Å². The van der Waals surface area contributed by atoms with E-state index in [1.807, 2.05) is 45.9 Å². The minimum absolute atomic E-state index is 0.126. The highest BCUT2D eigenvalue weighted by atomic mass is 16.6. The van der Waals surface area contributed by atoms with Gasteiger partial charge in [0.1, 0.15) is 11.6 Å². The summed E-state index contributed by atoms with van der Waals surface area (Å²) >= 11 is 0. The van der Waals surface area contributed by atoms with Crippen LogP contribution in [-0.4, -0.2) is 71.3 Å². The number of fused-ring (bicyclic) bond motifs is 1. The Labute approximate surface area is 231 Å². The molecule has 2 unspecified atom stereocenters. The molecule has 1 aromatic carbocycles. The Morgan fingerprint density at radius 1 is 1.26 bits per heavy atom. The van der Waals surface area contributed by atoms with Crippen molar-refractivity contribution < 1.29 is 29.0 Å². The molecule has 3 fully saturated rings. The van der Waals surface area contributed by atoms with Crippen LogP contribution in [0.25, 0.3) is 0 Å². The summed E-state index contributed by atoms with van der Waals surface area (Å²) in [4.78, 5) is 45.5. The molecule has 0 radical (unpaired) electrons. The number of benzene rings is 1. The van der Waals surface area contributed by atoms with Crippen molar-refractivity contribution in [2.24, 2.45) is 17.8 Å². The molecule has 3 saturated heterocycles. The molecule has 0 saturated carbocycles. The molecule has 8 heteroatoms. The predicted molar refractivity (Wildman–Crippen MR) is 149 cm³/mol. The van der Waals surface area contributed by atoms with E-state index < -0.39 is 41.6 Å².